The van der Waals surface area contributed by atoms with Gasteiger partial charge < -0.3 is 4.74 Å². The van der Waals surface area contributed by atoms with Crippen molar-refractivity contribution in [3.05, 3.63) is 50.5 Å². The van der Waals surface area contributed by atoms with Crippen LogP contribution in [-0.4, -0.2) is 30.0 Å². The van der Waals surface area contributed by atoms with Crippen molar-refractivity contribution in [1.82, 2.24) is 30.0 Å². The van der Waals surface area contributed by atoms with Gasteiger partial charge in [0.2, 0.25) is 5.88 Å². The van der Waals surface area contributed by atoms with Gasteiger partial charge in [-0.3, -0.25) is 5.10 Å². The fourth-order valence-corrected chi connectivity index (χ4v) is 2.44. The molecule has 2 heterocycles. The summed E-state index contributed by atoms with van der Waals surface area (Å²) < 4.78 is 8.88. The molecule has 114 valence electrons. The summed E-state index contributed by atoms with van der Waals surface area (Å²) in [5.41, 5.74) is 1.98. The second-order valence-electron chi connectivity index (χ2n) is 4.71. The molecule has 0 spiro atoms. The lowest BCUT2D eigenvalue weighted by Crippen LogP contribution is -2.23. The van der Waals surface area contributed by atoms with Crippen molar-refractivity contribution in [2.75, 3.05) is 0 Å². The molecule has 0 amide bonds. The van der Waals surface area contributed by atoms with E-state index >= 15 is 0 Å². The maximum Gasteiger partial charge on any atom is 0.368 e. The summed E-state index contributed by atoms with van der Waals surface area (Å²) in [5, 5.41) is 14.4. The van der Waals surface area contributed by atoms with Crippen LogP contribution in [0.1, 0.15) is 11.3 Å². The molecule has 0 atom stereocenters. The molecule has 0 aliphatic heterocycles. The van der Waals surface area contributed by atoms with Crippen LogP contribution in [0.4, 0.5) is 0 Å². The second-order valence-corrected chi connectivity index (χ2v) is 5.57. The van der Waals surface area contributed by atoms with Crippen LogP contribution in [0.5, 0.6) is 5.88 Å². The van der Waals surface area contributed by atoms with E-state index in [2.05, 4.69) is 36.6 Å². The van der Waals surface area contributed by atoms with E-state index in [1.54, 1.807) is 19.2 Å². The number of hydrogen-bond acceptors (Lipinski definition) is 5. The van der Waals surface area contributed by atoms with Crippen LogP contribution in [0.15, 0.2) is 33.5 Å². The summed E-state index contributed by atoms with van der Waals surface area (Å²) in [6.07, 6.45) is 0. The van der Waals surface area contributed by atoms with Gasteiger partial charge in [0, 0.05) is 28.8 Å². The van der Waals surface area contributed by atoms with E-state index in [1.807, 2.05) is 19.1 Å². The minimum absolute atomic E-state index is 0.240. The maximum absolute atomic E-state index is 12.0. The fourth-order valence-electron chi connectivity index (χ4n) is 1.97. The monoisotopic (exact) mass is 364 g/mol. The SMILES string of the molecule is Cc1cc(OCc2c(Br)cccc2-n2nnn(C)c2=O)n[nH]1. The van der Waals surface area contributed by atoms with Gasteiger partial charge in [-0.2, -0.15) is 9.36 Å². The molecule has 0 radical (unpaired) electrons. The lowest BCUT2D eigenvalue weighted by Gasteiger charge is -2.10. The Morgan fingerprint density at radius 2 is 2.18 bits per heavy atom. The van der Waals surface area contributed by atoms with Crippen molar-refractivity contribution < 1.29 is 4.74 Å². The van der Waals surface area contributed by atoms with Crippen LogP contribution in [0.25, 0.3) is 5.69 Å². The number of nitrogens with zero attached hydrogens (tertiary/aromatic N) is 5. The molecule has 0 saturated heterocycles. The van der Waals surface area contributed by atoms with Crippen LogP contribution >= 0.6 is 15.9 Å². The van der Waals surface area contributed by atoms with Crippen molar-refractivity contribution in [1.29, 1.82) is 0 Å². The first-order valence-corrected chi connectivity index (χ1v) is 7.27. The molecule has 0 bridgehead atoms. The van der Waals surface area contributed by atoms with Gasteiger partial charge in [0.05, 0.1) is 5.69 Å². The second kappa shape index (κ2) is 5.76. The number of aryl methyl sites for hydroxylation is 2. The zero-order chi connectivity index (χ0) is 15.7. The van der Waals surface area contributed by atoms with Gasteiger partial charge >= 0.3 is 5.69 Å². The van der Waals surface area contributed by atoms with Gasteiger partial charge in [-0.1, -0.05) is 22.0 Å². The fraction of sp³-hybridized carbons (Fsp3) is 0.231. The first kappa shape index (κ1) is 14.5. The average molecular weight is 365 g/mol. The molecule has 3 rings (SSSR count). The molecule has 8 nitrogen and oxygen atoms in total. The Hall–Kier alpha value is -2.42. The standard InChI is InChI=1S/C13H13BrN6O2/c1-8-6-12(16-15-8)22-7-9-10(14)4-3-5-11(9)20-13(21)19(2)17-18-20/h3-6H,7H2,1-2H3,(H,15,16). The smallest absolute Gasteiger partial charge is 0.368 e. The predicted octanol–water partition coefficient (Wildman–Crippen LogP) is 1.34. The zero-order valence-corrected chi connectivity index (χ0v) is 13.5. The van der Waals surface area contributed by atoms with E-state index in [4.69, 9.17) is 4.74 Å². The highest BCUT2D eigenvalue weighted by atomic mass is 79.9. The molecule has 2 aromatic heterocycles. The molecule has 0 aliphatic carbocycles. The Morgan fingerprint density at radius 1 is 1.36 bits per heavy atom. The molecular weight excluding hydrogens is 352 g/mol. The first-order valence-electron chi connectivity index (χ1n) is 6.48. The number of halogens is 1. The number of rotatable bonds is 4. The Bertz CT molecular complexity index is 866. The van der Waals surface area contributed by atoms with Gasteiger partial charge in [0.15, 0.2) is 0 Å². The quantitative estimate of drug-likeness (QED) is 0.754. The molecule has 1 N–H and O–H groups in total. The molecule has 0 unspecified atom stereocenters. The van der Waals surface area contributed by atoms with Crippen LogP contribution in [0, 0.1) is 6.92 Å². The topological polar surface area (TPSA) is 90.6 Å². The summed E-state index contributed by atoms with van der Waals surface area (Å²) in [6, 6.07) is 7.28. The largest absolute Gasteiger partial charge is 0.472 e. The Kier molecular flexibility index (Phi) is 3.80. The Morgan fingerprint density at radius 3 is 2.82 bits per heavy atom. The number of aromatic amines is 1. The molecule has 9 heteroatoms. The molecular formula is C13H13BrN6O2. The minimum Gasteiger partial charge on any atom is -0.472 e. The summed E-state index contributed by atoms with van der Waals surface area (Å²) in [7, 11) is 1.55. The lowest BCUT2D eigenvalue weighted by atomic mass is 10.2. The van der Waals surface area contributed by atoms with Gasteiger partial charge in [0.1, 0.15) is 6.61 Å². The van der Waals surface area contributed by atoms with Crippen molar-refractivity contribution >= 4 is 15.9 Å². The van der Waals surface area contributed by atoms with Gasteiger partial charge in [-0.05, 0) is 29.5 Å². The van der Waals surface area contributed by atoms with Crippen molar-refractivity contribution in [3.8, 4) is 11.6 Å². The number of tetrazole rings is 1. The molecule has 3 aromatic rings. The van der Waals surface area contributed by atoms with Gasteiger partial charge in [0.25, 0.3) is 0 Å². The van der Waals surface area contributed by atoms with Gasteiger partial charge in [-0.15, -0.1) is 5.10 Å². The average Bonchev–Trinajstić information content (AvgIpc) is 3.05. The highest BCUT2D eigenvalue weighted by Crippen LogP contribution is 2.24. The number of H-pyrrole nitrogens is 1. The van der Waals surface area contributed by atoms with E-state index in [-0.39, 0.29) is 12.3 Å². The minimum atomic E-state index is -0.324. The number of benzene rings is 1. The lowest BCUT2D eigenvalue weighted by molar-refractivity contribution is 0.292. The summed E-state index contributed by atoms with van der Waals surface area (Å²) in [6.45, 7) is 2.13. The number of nitrogens with one attached hydrogen (secondary N) is 1. The van der Waals surface area contributed by atoms with Crippen LogP contribution in [-0.2, 0) is 13.7 Å². The highest BCUT2D eigenvalue weighted by molar-refractivity contribution is 9.10. The maximum atomic E-state index is 12.0. The van der Waals surface area contributed by atoms with E-state index < -0.39 is 0 Å². The predicted molar refractivity (Wildman–Crippen MR) is 82.0 cm³/mol. The molecule has 1 aromatic carbocycles. The number of aromatic nitrogens is 6. The summed E-state index contributed by atoms with van der Waals surface area (Å²) in [5.74, 6) is 0.491. The van der Waals surface area contributed by atoms with E-state index in [1.165, 1.54) is 9.36 Å². The van der Waals surface area contributed by atoms with Crippen LogP contribution in [0.2, 0.25) is 0 Å². The normalized spacial score (nSPS) is 10.9. The van der Waals surface area contributed by atoms with Crippen LogP contribution in [0.3, 0.4) is 0 Å². The highest BCUT2D eigenvalue weighted by Gasteiger charge is 2.14. The number of ether oxygens (including phenoxy) is 1. The summed E-state index contributed by atoms with van der Waals surface area (Å²) in [4.78, 5) is 12.0. The van der Waals surface area contributed by atoms with Crippen molar-refractivity contribution in [3.63, 3.8) is 0 Å². The third-order valence-corrected chi connectivity index (χ3v) is 3.83. The van der Waals surface area contributed by atoms with Crippen molar-refractivity contribution in [2.24, 2.45) is 7.05 Å². The third-order valence-electron chi connectivity index (χ3n) is 3.09. The Balaban J connectivity index is 1.96. The molecule has 0 saturated carbocycles. The molecule has 22 heavy (non-hydrogen) atoms. The van der Waals surface area contributed by atoms with Crippen LogP contribution < -0.4 is 10.4 Å². The van der Waals surface area contributed by atoms with Crippen molar-refractivity contribution in [2.45, 2.75) is 13.5 Å². The molecule has 0 fully saturated rings. The summed E-state index contributed by atoms with van der Waals surface area (Å²) >= 11 is 3.48. The van der Waals surface area contributed by atoms with E-state index in [9.17, 15) is 4.79 Å². The zero-order valence-electron chi connectivity index (χ0n) is 11.9. The van der Waals surface area contributed by atoms with E-state index in [0.29, 0.717) is 11.6 Å². The van der Waals surface area contributed by atoms with Gasteiger partial charge in [-0.25, -0.2) is 4.79 Å². The first-order chi connectivity index (χ1) is 10.6. The third kappa shape index (κ3) is 2.67. The van der Waals surface area contributed by atoms with E-state index in [0.717, 1.165) is 15.7 Å². The Labute approximate surface area is 133 Å². The number of hydrogen-bond donors (Lipinski definition) is 1. The molecule has 0 aliphatic rings.